The molecule has 0 amide bonds. The Morgan fingerprint density at radius 2 is 1.46 bits per heavy atom. The summed E-state index contributed by atoms with van der Waals surface area (Å²) in [5.41, 5.74) is 2.43. The number of halogens is 1. The van der Waals surface area contributed by atoms with E-state index in [1.165, 1.54) is 128 Å². The predicted octanol–water partition coefficient (Wildman–Crippen LogP) is 13.6. The lowest BCUT2D eigenvalue weighted by molar-refractivity contribution is -0.151. The van der Waals surface area contributed by atoms with Crippen molar-refractivity contribution >= 4 is 17.6 Å². The van der Waals surface area contributed by atoms with Crippen molar-refractivity contribution in [3.05, 3.63) is 11.6 Å². The second-order valence-corrected chi connectivity index (χ2v) is 18.3. The fourth-order valence-corrected chi connectivity index (χ4v) is 11.5. The molecule has 0 aromatic carbocycles. The lowest BCUT2D eigenvalue weighted by atomic mass is 9.47. The van der Waals surface area contributed by atoms with E-state index in [0.29, 0.717) is 10.8 Å². The molecule has 4 aliphatic rings. The number of unbranched alkanes of at least 4 members (excludes halogenated alkanes) is 11. The minimum atomic E-state index is -0.486. The van der Waals surface area contributed by atoms with Crippen LogP contribution in [-0.2, 0) is 9.53 Å². The molecule has 0 N–H and O–H groups in total. The summed E-state index contributed by atoms with van der Waals surface area (Å²) < 4.78 is 6.10. The molecule has 0 spiro atoms. The number of fused-ring (bicyclic) bond motifs is 5. The van der Waals surface area contributed by atoms with Gasteiger partial charge in [-0.25, -0.2) is 0 Å². The van der Waals surface area contributed by atoms with Gasteiger partial charge in [0.2, 0.25) is 0 Å². The van der Waals surface area contributed by atoms with Gasteiger partial charge in [0.15, 0.2) is 0 Å². The molecule has 0 aliphatic heterocycles. The van der Waals surface area contributed by atoms with E-state index in [-0.39, 0.29) is 12.1 Å². The Balaban J connectivity index is 1.17. The number of carbonyl (C=O) groups is 1. The second-order valence-electron chi connectivity index (χ2n) is 17.7. The van der Waals surface area contributed by atoms with Gasteiger partial charge in [-0.05, 0) is 97.7 Å². The first-order valence-electron chi connectivity index (χ1n) is 20.6. The molecule has 0 aromatic rings. The maximum absolute atomic E-state index is 13.0. The van der Waals surface area contributed by atoms with Gasteiger partial charge in [0.05, 0.1) is 0 Å². The largest absolute Gasteiger partial charge is 0.461 e. The van der Waals surface area contributed by atoms with E-state index in [9.17, 15) is 4.79 Å². The minimum absolute atomic E-state index is 0.0167. The molecule has 0 aromatic heterocycles. The van der Waals surface area contributed by atoms with E-state index in [4.69, 9.17) is 16.3 Å². The zero-order valence-corrected chi connectivity index (χ0v) is 32.1. The Morgan fingerprint density at radius 3 is 2.11 bits per heavy atom. The summed E-state index contributed by atoms with van der Waals surface area (Å²) in [6.45, 7) is 14.9. The molecule has 1 unspecified atom stereocenters. The third-order valence-corrected chi connectivity index (χ3v) is 14.5. The van der Waals surface area contributed by atoms with E-state index in [0.717, 1.165) is 61.2 Å². The average molecular weight is 660 g/mol. The van der Waals surface area contributed by atoms with Gasteiger partial charge >= 0.3 is 5.97 Å². The van der Waals surface area contributed by atoms with Gasteiger partial charge in [0.1, 0.15) is 11.5 Å². The fraction of sp³-hybridized carbons (Fsp3) is 0.930. The molecule has 3 fully saturated rings. The Kier molecular flexibility index (Phi) is 15.4. The molecule has 266 valence electrons. The summed E-state index contributed by atoms with van der Waals surface area (Å²) in [6, 6.07) is 0. The van der Waals surface area contributed by atoms with Crippen LogP contribution in [-0.4, -0.2) is 17.5 Å². The number of carbonyl (C=O) groups excluding carboxylic acids is 1. The Bertz CT molecular complexity index is 941. The molecule has 0 radical (unpaired) electrons. The zero-order chi connectivity index (χ0) is 33.2. The van der Waals surface area contributed by atoms with Crippen LogP contribution in [0.3, 0.4) is 0 Å². The number of ether oxygens (including phenoxy) is 1. The van der Waals surface area contributed by atoms with E-state index in [1.54, 1.807) is 5.57 Å². The first-order valence-corrected chi connectivity index (χ1v) is 21.1. The van der Waals surface area contributed by atoms with E-state index >= 15 is 0 Å². The van der Waals surface area contributed by atoms with Crippen LogP contribution in [0.2, 0.25) is 0 Å². The molecular formula is C43H75ClO2. The van der Waals surface area contributed by atoms with Gasteiger partial charge in [-0.15, -0.1) is 11.6 Å². The number of alkyl halides is 1. The van der Waals surface area contributed by atoms with Crippen LogP contribution in [0.25, 0.3) is 0 Å². The lowest BCUT2D eigenvalue weighted by Gasteiger charge is -2.58. The molecule has 0 heterocycles. The summed E-state index contributed by atoms with van der Waals surface area (Å²) in [5.74, 6) is 5.00. The van der Waals surface area contributed by atoms with Crippen molar-refractivity contribution in [3.63, 3.8) is 0 Å². The van der Waals surface area contributed by atoms with Gasteiger partial charge in [-0.1, -0.05) is 150 Å². The highest BCUT2D eigenvalue weighted by atomic mass is 35.5. The van der Waals surface area contributed by atoms with Gasteiger partial charge in [-0.2, -0.15) is 0 Å². The van der Waals surface area contributed by atoms with Crippen molar-refractivity contribution in [1.29, 1.82) is 0 Å². The predicted molar refractivity (Wildman–Crippen MR) is 198 cm³/mol. The standard InChI is InChI=1S/C43H75ClO2/c1-7-8-9-10-11-12-13-14-15-16-17-18-22-40(44)41(45)46-35-27-29-42(5)34(31-35)23-24-36-38-26-25-37(33(4)21-19-20-32(2)3)43(38,6)30-28-39(36)42/h23,32-33,35-40H,7-22,24-31H2,1-6H3/t33-,35+,36+,37-,38+,39+,40?,42+,43-/m1/s1. The highest BCUT2D eigenvalue weighted by Crippen LogP contribution is 2.67. The highest BCUT2D eigenvalue weighted by molar-refractivity contribution is 6.29. The number of esters is 1. The van der Waals surface area contributed by atoms with Crippen LogP contribution in [0.5, 0.6) is 0 Å². The molecule has 4 aliphatic carbocycles. The maximum atomic E-state index is 13.0. The topological polar surface area (TPSA) is 26.3 Å². The zero-order valence-electron chi connectivity index (χ0n) is 31.4. The molecule has 0 saturated heterocycles. The molecule has 2 nitrogen and oxygen atoms in total. The first kappa shape index (κ1) is 38.3. The molecule has 0 bridgehead atoms. The van der Waals surface area contributed by atoms with Crippen LogP contribution in [0, 0.1) is 46.3 Å². The molecule has 3 heteroatoms. The van der Waals surface area contributed by atoms with E-state index in [1.807, 2.05) is 0 Å². The van der Waals surface area contributed by atoms with Gasteiger partial charge < -0.3 is 4.74 Å². The summed E-state index contributed by atoms with van der Waals surface area (Å²) in [6.07, 6.45) is 33.6. The van der Waals surface area contributed by atoms with Crippen molar-refractivity contribution in [1.82, 2.24) is 0 Å². The molecule has 4 rings (SSSR count). The first-order chi connectivity index (χ1) is 22.1. The third kappa shape index (κ3) is 9.81. The molecule has 9 atom stereocenters. The second kappa shape index (κ2) is 18.5. The number of rotatable bonds is 20. The SMILES string of the molecule is CCCCCCCCCCCCCCC(Cl)C(=O)O[C@H]1CC[C@@]2(C)C(=CC[C@H]3[C@@H]4CC[C@H]([C@H](C)CCCC(C)C)[C@@]4(C)CC[C@@H]32)C1. The minimum Gasteiger partial charge on any atom is -0.461 e. The number of hydrogen-bond donors (Lipinski definition) is 0. The molecule has 3 saturated carbocycles. The van der Waals surface area contributed by atoms with Gasteiger partial charge in [0, 0.05) is 6.42 Å². The summed E-state index contributed by atoms with van der Waals surface area (Å²) in [5, 5.41) is -0.486. The van der Waals surface area contributed by atoms with Crippen LogP contribution in [0.1, 0.15) is 196 Å². The maximum Gasteiger partial charge on any atom is 0.324 e. The Labute approximate surface area is 291 Å². The van der Waals surface area contributed by atoms with Crippen molar-refractivity contribution < 1.29 is 9.53 Å². The number of allylic oxidation sites excluding steroid dienone is 1. The van der Waals surface area contributed by atoms with Crippen LogP contribution in [0.4, 0.5) is 0 Å². The van der Waals surface area contributed by atoms with Crippen LogP contribution < -0.4 is 0 Å². The monoisotopic (exact) mass is 659 g/mol. The van der Waals surface area contributed by atoms with E-state index < -0.39 is 5.38 Å². The highest BCUT2D eigenvalue weighted by Gasteiger charge is 2.59. The van der Waals surface area contributed by atoms with E-state index in [2.05, 4.69) is 47.6 Å². The fourth-order valence-electron chi connectivity index (χ4n) is 11.3. The van der Waals surface area contributed by atoms with Crippen molar-refractivity contribution in [3.8, 4) is 0 Å². The molecular weight excluding hydrogens is 584 g/mol. The third-order valence-electron chi connectivity index (χ3n) is 14.1. The van der Waals surface area contributed by atoms with Gasteiger partial charge in [-0.3, -0.25) is 4.79 Å². The van der Waals surface area contributed by atoms with Crippen molar-refractivity contribution in [2.75, 3.05) is 0 Å². The Morgan fingerprint density at radius 1 is 0.804 bits per heavy atom. The van der Waals surface area contributed by atoms with Crippen LogP contribution >= 0.6 is 11.6 Å². The van der Waals surface area contributed by atoms with Crippen molar-refractivity contribution in [2.24, 2.45) is 46.3 Å². The van der Waals surface area contributed by atoms with Crippen molar-refractivity contribution in [2.45, 2.75) is 207 Å². The smallest absolute Gasteiger partial charge is 0.324 e. The normalized spacial score (nSPS) is 33.6. The number of hydrogen-bond acceptors (Lipinski definition) is 2. The van der Waals surface area contributed by atoms with Gasteiger partial charge in [0.25, 0.3) is 0 Å². The lowest BCUT2D eigenvalue weighted by Crippen LogP contribution is -2.51. The quantitative estimate of drug-likeness (QED) is 0.0563. The average Bonchev–Trinajstić information content (AvgIpc) is 3.38. The summed E-state index contributed by atoms with van der Waals surface area (Å²) in [4.78, 5) is 13.0. The molecule has 46 heavy (non-hydrogen) atoms. The Hall–Kier alpha value is -0.500. The summed E-state index contributed by atoms with van der Waals surface area (Å²) >= 11 is 6.59. The summed E-state index contributed by atoms with van der Waals surface area (Å²) in [7, 11) is 0. The van der Waals surface area contributed by atoms with Crippen LogP contribution in [0.15, 0.2) is 11.6 Å².